The van der Waals surface area contributed by atoms with Gasteiger partial charge in [-0.05, 0) is 48.9 Å². The first-order chi connectivity index (χ1) is 10.1. The van der Waals surface area contributed by atoms with Crippen LogP contribution in [0.25, 0.3) is 16.9 Å². The van der Waals surface area contributed by atoms with Crippen LogP contribution in [0.15, 0.2) is 42.5 Å². The molecule has 0 spiro atoms. The van der Waals surface area contributed by atoms with E-state index in [0.29, 0.717) is 22.1 Å². The summed E-state index contributed by atoms with van der Waals surface area (Å²) in [6, 6.07) is 11.9. The van der Waals surface area contributed by atoms with E-state index in [-0.39, 0.29) is 5.82 Å². The van der Waals surface area contributed by atoms with Gasteiger partial charge in [-0.2, -0.15) is 4.68 Å². The normalized spacial score (nSPS) is 10.8. The van der Waals surface area contributed by atoms with E-state index in [0.717, 1.165) is 11.3 Å². The van der Waals surface area contributed by atoms with Crippen LogP contribution < -0.4 is 5.73 Å². The van der Waals surface area contributed by atoms with Crippen molar-refractivity contribution in [3.05, 3.63) is 58.9 Å². The lowest BCUT2D eigenvalue weighted by Gasteiger charge is -2.04. The van der Waals surface area contributed by atoms with Crippen LogP contribution in [0.3, 0.4) is 0 Å². The summed E-state index contributed by atoms with van der Waals surface area (Å²) in [5.41, 5.74) is 8.59. The van der Waals surface area contributed by atoms with Gasteiger partial charge in [-0.1, -0.05) is 22.9 Å². The summed E-state index contributed by atoms with van der Waals surface area (Å²) in [6.07, 6.45) is 0. The molecule has 21 heavy (non-hydrogen) atoms. The van der Waals surface area contributed by atoms with Crippen molar-refractivity contribution in [3.63, 3.8) is 0 Å². The summed E-state index contributed by atoms with van der Waals surface area (Å²) < 4.78 is 14.8. The minimum absolute atomic E-state index is 0.264. The maximum absolute atomic E-state index is 13.3. The van der Waals surface area contributed by atoms with Crippen molar-refractivity contribution in [1.82, 2.24) is 15.0 Å². The molecule has 2 aromatic carbocycles. The van der Waals surface area contributed by atoms with Crippen LogP contribution in [-0.2, 0) is 0 Å². The molecule has 1 aromatic heterocycles. The third-order valence-corrected chi connectivity index (χ3v) is 3.42. The molecule has 6 heteroatoms. The van der Waals surface area contributed by atoms with Crippen molar-refractivity contribution < 1.29 is 4.39 Å². The molecule has 0 atom stereocenters. The zero-order chi connectivity index (χ0) is 15.0. The third-order valence-electron chi connectivity index (χ3n) is 3.19. The van der Waals surface area contributed by atoms with Gasteiger partial charge in [0.2, 0.25) is 0 Å². The van der Waals surface area contributed by atoms with E-state index in [1.807, 2.05) is 6.07 Å². The minimum Gasteiger partial charge on any atom is -0.382 e. The lowest BCUT2D eigenvalue weighted by molar-refractivity contribution is 0.619. The Morgan fingerprint density at radius 3 is 2.71 bits per heavy atom. The smallest absolute Gasteiger partial charge is 0.155 e. The van der Waals surface area contributed by atoms with Crippen LogP contribution in [0.1, 0.15) is 5.56 Å². The molecular formula is C15H12ClFN4. The molecule has 0 aliphatic carbocycles. The second kappa shape index (κ2) is 5.18. The molecule has 106 valence electrons. The number of benzene rings is 2. The number of aryl methyl sites for hydroxylation is 1. The highest BCUT2D eigenvalue weighted by atomic mass is 35.5. The van der Waals surface area contributed by atoms with Crippen LogP contribution in [-0.4, -0.2) is 15.0 Å². The Kier molecular flexibility index (Phi) is 3.35. The Labute approximate surface area is 126 Å². The van der Waals surface area contributed by atoms with E-state index < -0.39 is 0 Å². The molecule has 0 fully saturated rings. The Morgan fingerprint density at radius 1 is 1.19 bits per heavy atom. The van der Waals surface area contributed by atoms with Gasteiger partial charge in [0.15, 0.2) is 5.82 Å². The first kappa shape index (κ1) is 13.6. The van der Waals surface area contributed by atoms with E-state index in [2.05, 4.69) is 10.3 Å². The van der Waals surface area contributed by atoms with E-state index in [1.54, 1.807) is 37.3 Å². The Hall–Kier alpha value is -2.40. The van der Waals surface area contributed by atoms with Gasteiger partial charge in [0.1, 0.15) is 11.5 Å². The van der Waals surface area contributed by atoms with Gasteiger partial charge in [-0.3, -0.25) is 0 Å². The molecule has 1 heterocycles. The fourth-order valence-electron chi connectivity index (χ4n) is 2.09. The second-order valence-electron chi connectivity index (χ2n) is 4.68. The number of nitrogens with two attached hydrogens (primary N) is 1. The number of hydrogen-bond donors (Lipinski definition) is 1. The van der Waals surface area contributed by atoms with Crippen molar-refractivity contribution in [3.8, 4) is 16.9 Å². The maximum atomic E-state index is 13.3. The Bertz CT molecular complexity index is 813. The molecule has 0 bridgehead atoms. The van der Waals surface area contributed by atoms with E-state index in [4.69, 9.17) is 17.3 Å². The highest BCUT2D eigenvalue weighted by Gasteiger charge is 2.14. The summed E-state index contributed by atoms with van der Waals surface area (Å²) in [5.74, 6) is 0.114. The van der Waals surface area contributed by atoms with Crippen molar-refractivity contribution >= 4 is 17.4 Å². The largest absolute Gasteiger partial charge is 0.382 e. The highest BCUT2D eigenvalue weighted by Crippen LogP contribution is 2.27. The van der Waals surface area contributed by atoms with Gasteiger partial charge in [0.05, 0.1) is 5.69 Å². The lowest BCUT2D eigenvalue weighted by Crippen LogP contribution is -2.02. The van der Waals surface area contributed by atoms with Crippen LogP contribution in [0, 0.1) is 12.7 Å². The predicted molar refractivity (Wildman–Crippen MR) is 80.9 cm³/mol. The molecule has 0 aliphatic heterocycles. The number of nitrogens with zero attached hydrogens (tertiary/aromatic N) is 3. The maximum Gasteiger partial charge on any atom is 0.155 e. The number of anilines is 1. The lowest BCUT2D eigenvalue weighted by atomic mass is 10.1. The predicted octanol–water partition coefficient (Wildman–Crippen LogP) is 3.62. The SMILES string of the molecule is Cc1cc(-c2nnn(-c3cccc(Cl)c3)c2N)ccc1F. The Morgan fingerprint density at radius 2 is 2.00 bits per heavy atom. The number of nitrogen functional groups attached to an aromatic ring is 1. The standard InChI is InChI=1S/C15H12ClFN4/c1-9-7-10(5-6-13(9)17)14-15(18)21(20-19-14)12-4-2-3-11(16)8-12/h2-8H,18H2,1H3. The van der Waals surface area contributed by atoms with Crippen molar-refractivity contribution in [2.75, 3.05) is 5.73 Å². The van der Waals surface area contributed by atoms with Gasteiger partial charge in [-0.15, -0.1) is 5.10 Å². The van der Waals surface area contributed by atoms with E-state index in [1.165, 1.54) is 10.7 Å². The van der Waals surface area contributed by atoms with Gasteiger partial charge in [-0.25, -0.2) is 4.39 Å². The average Bonchev–Trinajstić information content (AvgIpc) is 2.84. The number of aromatic nitrogens is 3. The zero-order valence-electron chi connectivity index (χ0n) is 11.2. The average molecular weight is 303 g/mol. The first-order valence-electron chi connectivity index (χ1n) is 6.30. The molecule has 3 rings (SSSR count). The molecule has 0 unspecified atom stereocenters. The fraction of sp³-hybridized carbons (Fsp3) is 0.0667. The van der Waals surface area contributed by atoms with Crippen molar-refractivity contribution in [1.29, 1.82) is 0 Å². The first-order valence-corrected chi connectivity index (χ1v) is 6.67. The summed E-state index contributed by atoms with van der Waals surface area (Å²) in [7, 11) is 0. The van der Waals surface area contributed by atoms with Gasteiger partial charge in [0, 0.05) is 10.6 Å². The van der Waals surface area contributed by atoms with Crippen molar-refractivity contribution in [2.45, 2.75) is 6.92 Å². The number of hydrogen-bond acceptors (Lipinski definition) is 3. The molecule has 0 saturated heterocycles. The molecule has 0 saturated carbocycles. The van der Waals surface area contributed by atoms with Crippen LogP contribution in [0.4, 0.5) is 10.2 Å². The van der Waals surface area contributed by atoms with Crippen molar-refractivity contribution in [2.24, 2.45) is 0 Å². The summed E-state index contributed by atoms with van der Waals surface area (Å²) in [5, 5.41) is 8.71. The fourth-order valence-corrected chi connectivity index (χ4v) is 2.27. The molecule has 0 aliphatic rings. The summed E-state index contributed by atoms with van der Waals surface area (Å²) in [4.78, 5) is 0. The van der Waals surface area contributed by atoms with Crippen LogP contribution in [0.2, 0.25) is 5.02 Å². The second-order valence-corrected chi connectivity index (χ2v) is 5.12. The minimum atomic E-state index is -0.264. The number of halogens is 2. The molecule has 4 nitrogen and oxygen atoms in total. The van der Waals surface area contributed by atoms with Crippen LogP contribution >= 0.6 is 11.6 Å². The zero-order valence-corrected chi connectivity index (χ0v) is 12.0. The quantitative estimate of drug-likeness (QED) is 0.786. The van der Waals surface area contributed by atoms with E-state index >= 15 is 0 Å². The van der Waals surface area contributed by atoms with Crippen LogP contribution in [0.5, 0.6) is 0 Å². The number of rotatable bonds is 2. The summed E-state index contributed by atoms with van der Waals surface area (Å²) in [6.45, 7) is 1.69. The molecule has 0 radical (unpaired) electrons. The van der Waals surface area contributed by atoms with Gasteiger partial charge in [0.25, 0.3) is 0 Å². The highest BCUT2D eigenvalue weighted by molar-refractivity contribution is 6.30. The summed E-state index contributed by atoms with van der Waals surface area (Å²) >= 11 is 5.97. The monoisotopic (exact) mass is 302 g/mol. The molecular weight excluding hydrogens is 291 g/mol. The van der Waals surface area contributed by atoms with Gasteiger partial charge >= 0.3 is 0 Å². The third kappa shape index (κ3) is 2.48. The molecule has 0 amide bonds. The van der Waals surface area contributed by atoms with E-state index in [9.17, 15) is 4.39 Å². The molecule has 2 N–H and O–H groups in total. The Balaban J connectivity index is 2.09. The van der Waals surface area contributed by atoms with Gasteiger partial charge < -0.3 is 5.73 Å². The topological polar surface area (TPSA) is 56.7 Å². The molecule has 3 aromatic rings.